The third-order valence-corrected chi connectivity index (χ3v) is 9.30. The summed E-state index contributed by atoms with van der Waals surface area (Å²) in [6.45, 7) is 6.35. The largest absolute Gasteiger partial charge is 0.349 e. The average Bonchev–Trinajstić information content (AvgIpc) is 3.41. The molecule has 7 rings (SSSR count). The number of nitrogens with one attached hydrogen (secondary N) is 2. The number of nitrogens with zero attached hydrogens (tertiary/aromatic N) is 2. The number of halogens is 2. The number of carbonyl (C=O) groups excluding carboxylic acids is 1. The molecule has 1 aliphatic heterocycles. The van der Waals surface area contributed by atoms with Gasteiger partial charge < -0.3 is 5.32 Å². The van der Waals surface area contributed by atoms with Gasteiger partial charge in [0.1, 0.15) is 5.82 Å². The van der Waals surface area contributed by atoms with Crippen molar-refractivity contribution in [2.24, 2.45) is 17.8 Å². The van der Waals surface area contributed by atoms with Crippen LogP contribution in [0.25, 0.3) is 0 Å². The summed E-state index contributed by atoms with van der Waals surface area (Å²) in [6, 6.07) is 6.44. The molecule has 1 saturated heterocycles. The second kappa shape index (κ2) is 8.31. The second-order valence-corrected chi connectivity index (χ2v) is 13.2. The molecule has 1 aromatic heterocycles. The van der Waals surface area contributed by atoms with Gasteiger partial charge in [-0.2, -0.15) is 5.10 Å². The van der Waals surface area contributed by atoms with E-state index in [2.05, 4.69) is 31.4 Å². The van der Waals surface area contributed by atoms with Gasteiger partial charge in [0.15, 0.2) is 0 Å². The van der Waals surface area contributed by atoms with Crippen molar-refractivity contribution < 1.29 is 9.18 Å². The Balaban J connectivity index is 1.26. The van der Waals surface area contributed by atoms with Crippen LogP contribution in [0.3, 0.4) is 0 Å². The second-order valence-electron chi connectivity index (χ2n) is 12.8. The number of hydrogen-bond acceptors (Lipinski definition) is 3. The molecule has 4 bridgehead atoms. The maximum atomic E-state index is 14.4. The molecule has 7 heteroatoms. The van der Waals surface area contributed by atoms with Gasteiger partial charge in [0.2, 0.25) is 5.91 Å². The first-order valence-corrected chi connectivity index (χ1v) is 13.6. The number of hydrogen-bond donors (Lipinski definition) is 2. The maximum absolute atomic E-state index is 14.4. The van der Waals surface area contributed by atoms with Crippen LogP contribution in [0.15, 0.2) is 30.5 Å². The molecule has 2 aromatic rings. The first-order valence-electron chi connectivity index (χ1n) is 13.2. The summed E-state index contributed by atoms with van der Waals surface area (Å²) >= 11 is 5.97. The van der Waals surface area contributed by atoms with Gasteiger partial charge in [-0.05, 0) is 107 Å². The van der Waals surface area contributed by atoms with Crippen LogP contribution in [0.1, 0.15) is 88.9 Å². The molecule has 1 unspecified atom stereocenters. The lowest BCUT2D eigenvalue weighted by molar-refractivity contribution is -0.128. The normalized spacial score (nSPS) is 36.0. The minimum absolute atomic E-state index is 0.0265. The van der Waals surface area contributed by atoms with E-state index in [1.54, 1.807) is 6.07 Å². The molecule has 35 heavy (non-hydrogen) atoms. The standard InChI is InChI=1S/C28H36ClFN4O/c1-27(2,3)34-7-6-23(33-34)20-12-24(31-25(20)19-4-5-21(29)22(30)11-19)26(35)32-28-13-16-8-17(14-28)10-18(9-16)15-28/h4-7,11,16-18,20,24-25,31H,8-10,12-15H2,1-3H3,(H,32,35)/t16?,17?,18?,20?,24-,25-,28?/m0/s1. The summed E-state index contributed by atoms with van der Waals surface area (Å²) in [5, 5.41) is 12.1. The maximum Gasteiger partial charge on any atom is 0.237 e. The summed E-state index contributed by atoms with van der Waals surface area (Å²) in [7, 11) is 0. The Bertz CT molecular complexity index is 1100. The van der Waals surface area contributed by atoms with E-state index >= 15 is 0 Å². The lowest BCUT2D eigenvalue weighted by Gasteiger charge is -2.57. The fourth-order valence-corrected chi connectivity index (χ4v) is 7.94. The molecule has 5 nitrogen and oxygen atoms in total. The zero-order chi connectivity index (χ0) is 24.5. The zero-order valence-corrected chi connectivity index (χ0v) is 21.6. The molecule has 4 saturated carbocycles. The van der Waals surface area contributed by atoms with Crippen LogP contribution < -0.4 is 10.6 Å². The van der Waals surface area contributed by atoms with Crippen LogP contribution in [-0.2, 0) is 10.3 Å². The van der Waals surface area contributed by atoms with E-state index in [4.69, 9.17) is 16.7 Å². The van der Waals surface area contributed by atoms with Crippen molar-refractivity contribution >= 4 is 17.5 Å². The third-order valence-electron chi connectivity index (χ3n) is 9.00. The lowest BCUT2D eigenvalue weighted by Crippen LogP contribution is -2.62. The highest BCUT2D eigenvalue weighted by Crippen LogP contribution is 2.55. The Labute approximate surface area is 212 Å². The molecule has 4 aliphatic carbocycles. The molecule has 3 atom stereocenters. The van der Waals surface area contributed by atoms with Gasteiger partial charge in [-0.25, -0.2) is 4.39 Å². The molecular weight excluding hydrogens is 463 g/mol. The van der Waals surface area contributed by atoms with Gasteiger partial charge in [-0.1, -0.05) is 17.7 Å². The Morgan fingerprint density at radius 2 is 1.77 bits per heavy atom. The quantitative estimate of drug-likeness (QED) is 0.568. The minimum Gasteiger partial charge on any atom is -0.349 e. The van der Waals surface area contributed by atoms with Gasteiger partial charge in [0.25, 0.3) is 0 Å². The van der Waals surface area contributed by atoms with Gasteiger partial charge in [-0.15, -0.1) is 0 Å². The van der Waals surface area contributed by atoms with E-state index in [9.17, 15) is 9.18 Å². The van der Waals surface area contributed by atoms with E-state index in [1.165, 1.54) is 25.3 Å². The van der Waals surface area contributed by atoms with Crippen molar-refractivity contribution in [3.8, 4) is 0 Å². The topological polar surface area (TPSA) is 59.0 Å². The molecule has 5 aliphatic rings. The summed E-state index contributed by atoms with van der Waals surface area (Å²) in [5.41, 5.74) is 1.56. The SMILES string of the molecule is CC(C)(C)n1ccc(C2C[C@@H](C(=O)NC34CC5CC(CC(C5)C3)C4)N[C@H]2c2ccc(Cl)c(F)c2)n1. The van der Waals surface area contributed by atoms with E-state index in [0.717, 1.165) is 48.3 Å². The average molecular weight is 499 g/mol. The smallest absolute Gasteiger partial charge is 0.237 e. The molecule has 2 N–H and O–H groups in total. The Morgan fingerprint density at radius 1 is 1.11 bits per heavy atom. The highest BCUT2D eigenvalue weighted by molar-refractivity contribution is 6.30. The van der Waals surface area contributed by atoms with Gasteiger partial charge in [0, 0.05) is 23.7 Å². The minimum atomic E-state index is -0.439. The molecule has 0 spiro atoms. The Morgan fingerprint density at radius 3 is 2.34 bits per heavy atom. The van der Waals surface area contributed by atoms with Crippen LogP contribution in [0.2, 0.25) is 5.02 Å². The molecule has 5 fully saturated rings. The van der Waals surface area contributed by atoms with Gasteiger partial charge in [-0.3, -0.25) is 14.8 Å². The van der Waals surface area contributed by atoms with Crippen molar-refractivity contribution in [1.82, 2.24) is 20.4 Å². The number of aromatic nitrogens is 2. The van der Waals surface area contributed by atoms with E-state index in [0.29, 0.717) is 6.42 Å². The molecule has 0 radical (unpaired) electrons. The van der Waals surface area contributed by atoms with E-state index < -0.39 is 5.82 Å². The monoisotopic (exact) mass is 498 g/mol. The first kappa shape index (κ1) is 23.5. The summed E-state index contributed by atoms with van der Waals surface area (Å²) in [5.74, 6) is 1.94. The molecule has 1 aromatic carbocycles. The fraction of sp³-hybridized carbons (Fsp3) is 0.643. The lowest BCUT2D eigenvalue weighted by atomic mass is 9.53. The summed E-state index contributed by atoms with van der Waals surface area (Å²) in [4.78, 5) is 13.7. The van der Waals surface area contributed by atoms with E-state index in [-0.39, 0.29) is 40.0 Å². The zero-order valence-electron chi connectivity index (χ0n) is 20.9. The van der Waals surface area contributed by atoms with Crippen LogP contribution in [0, 0.1) is 23.6 Å². The van der Waals surface area contributed by atoms with Crippen LogP contribution in [0.5, 0.6) is 0 Å². The number of carbonyl (C=O) groups is 1. The van der Waals surface area contributed by atoms with E-state index in [1.807, 2.05) is 23.0 Å². The summed E-state index contributed by atoms with van der Waals surface area (Å²) in [6.07, 6.45) is 10.1. The third kappa shape index (κ3) is 4.31. The van der Waals surface area contributed by atoms with Crippen molar-refractivity contribution in [1.29, 1.82) is 0 Å². The van der Waals surface area contributed by atoms with Crippen molar-refractivity contribution in [2.45, 2.75) is 94.8 Å². The Kier molecular flexibility index (Phi) is 5.57. The van der Waals surface area contributed by atoms with Crippen molar-refractivity contribution in [3.05, 3.63) is 52.6 Å². The first-order chi connectivity index (χ1) is 16.6. The summed E-state index contributed by atoms with van der Waals surface area (Å²) < 4.78 is 16.4. The molecule has 188 valence electrons. The van der Waals surface area contributed by atoms with Gasteiger partial charge in [0.05, 0.1) is 22.3 Å². The van der Waals surface area contributed by atoms with Crippen molar-refractivity contribution in [2.75, 3.05) is 0 Å². The highest BCUT2D eigenvalue weighted by Gasteiger charge is 2.52. The molecule has 1 amide bonds. The number of amides is 1. The predicted molar refractivity (Wildman–Crippen MR) is 135 cm³/mol. The van der Waals surface area contributed by atoms with Gasteiger partial charge >= 0.3 is 0 Å². The predicted octanol–water partition coefficient (Wildman–Crippen LogP) is 5.70. The van der Waals surface area contributed by atoms with Crippen molar-refractivity contribution in [3.63, 3.8) is 0 Å². The molecule has 2 heterocycles. The van der Waals surface area contributed by atoms with Crippen LogP contribution in [0.4, 0.5) is 4.39 Å². The molecular formula is C28H36ClFN4O. The Hall–Kier alpha value is -1.92. The highest BCUT2D eigenvalue weighted by atomic mass is 35.5. The number of rotatable bonds is 4. The number of benzene rings is 1. The fourth-order valence-electron chi connectivity index (χ4n) is 7.82. The van der Waals surface area contributed by atoms with Crippen LogP contribution in [-0.4, -0.2) is 27.3 Å². The van der Waals surface area contributed by atoms with Crippen LogP contribution >= 0.6 is 11.6 Å².